The molecule has 0 aliphatic heterocycles. The van der Waals surface area contributed by atoms with Gasteiger partial charge in [-0.25, -0.2) is 4.57 Å². The Labute approximate surface area is 172 Å². The molecule has 18 heavy (non-hydrogen) atoms. The topological polar surface area (TPSA) is 46.5 Å². The van der Waals surface area contributed by atoms with E-state index in [9.17, 15) is 9.46 Å². The van der Waals surface area contributed by atoms with E-state index in [0.717, 1.165) is 0 Å². The molecule has 0 spiro atoms. The van der Waals surface area contributed by atoms with E-state index in [1.807, 2.05) is 6.07 Å². The van der Waals surface area contributed by atoms with Crippen molar-refractivity contribution in [1.82, 2.24) is 0 Å². The van der Waals surface area contributed by atoms with Crippen molar-refractivity contribution in [3.63, 3.8) is 0 Å². The molecule has 0 saturated carbocycles. The van der Waals surface area contributed by atoms with E-state index in [4.69, 9.17) is 4.52 Å². The van der Waals surface area contributed by atoms with Crippen LogP contribution in [0.3, 0.4) is 0 Å². The van der Waals surface area contributed by atoms with Gasteiger partial charge in [0.2, 0.25) is 0 Å². The van der Waals surface area contributed by atoms with Gasteiger partial charge in [0.15, 0.2) is 0 Å². The summed E-state index contributed by atoms with van der Waals surface area (Å²) in [5.74, 6) is 0.386. The fourth-order valence-electron chi connectivity index (χ4n) is 1.29. The second kappa shape index (κ2) is 8.99. The van der Waals surface area contributed by atoms with Crippen molar-refractivity contribution in [2.45, 2.75) is 0 Å². The maximum absolute atomic E-state index is 11.9. The van der Waals surface area contributed by atoms with E-state index in [2.05, 4.69) is 0 Å². The molecule has 0 aliphatic rings. The molecule has 0 heterocycles. The van der Waals surface area contributed by atoms with E-state index >= 15 is 0 Å². The van der Waals surface area contributed by atoms with E-state index < -0.39 is 7.60 Å². The van der Waals surface area contributed by atoms with Crippen LogP contribution < -0.4 is 9.83 Å². The Morgan fingerprint density at radius 2 is 1.33 bits per heavy atom. The predicted octanol–water partition coefficient (Wildman–Crippen LogP) is 2.26. The summed E-state index contributed by atoms with van der Waals surface area (Å²) in [7, 11) is -3.77. The van der Waals surface area contributed by atoms with Crippen molar-refractivity contribution in [1.29, 1.82) is 0 Å². The van der Waals surface area contributed by atoms with Crippen molar-refractivity contribution < 1.29 is 19.7 Å². The molecular weight excluding hydrogens is 303 g/mol. The molecule has 0 amide bonds. The van der Waals surface area contributed by atoms with Gasteiger partial charge in [-0.1, -0.05) is 36.4 Å². The van der Waals surface area contributed by atoms with Gasteiger partial charge >= 0.3 is 83.1 Å². The molecule has 0 saturated heterocycles. The maximum Gasteiger partial charge on any atom is 2.00 e. The normalized spacial score (nSPS) is 12.5. The first-order chi connectivity index (χ1) is 7.68. The summed E-state index contributed by atoms with van der Waals surface area (Å²) in [5, 5.41) is 0.291. The quantitative estimate of drug-likeness (QED) is 0.697. The molecule has 0 fully saturated rings. The van der Waals surface area contributed by atoms with Gasteiger partial charge in [-0.05, 0) is 24.3 Å². The minimum atomic E-state index is -3.77. The Morgan fingerprint density at radius 1 is 0.889 bits per heavy atom. The average Bonchev–Trinajstić information content (AvgIpc) is 2.31. The summed E-state index contributed by atoms with van der Waals surface area (Å²) in [6, 6.07) is 16.9. The average molecular weight is 318 g/mol. The fraction of sp³-hybridized carbons (Fsp3) is 0. The Kier molecular flexibility index (Phi) is 9.46. The van der Waals surface area contributed by atoms with Gasteiger partial charge in [-0.2, -0.15) is 0 Å². The molecule has 2 aromatic rings. The molecule has 0 bridgehead atoms. The van der Waals surface area contributed by atoms with Gasteiger partial charge in [-0.15, -0.1) is 0 Å². The standard InChI is InChI=1S/C12H11O3P.2Ca.4H/c13-16(14,12-9-5-2-6-10-12)15-11-7-3-1-4-8-11;;;;;;/h1-10H,(H,13,14);;;;;;/q;2*+2;4*-1. The molecule has 0 radical (unpaired) electrons. The Balaban J connectivity index is -0.000000161. The third kappa shape index (κ3) is 5.52. The Morgan fingerprint density at radius 3 is 1.83 bits per heavy atom. The third-order valence-electron chi connectivity index (χ3n) is 2.05. The molecule has 1 unspecified atom stereocenters. The second-order valence-corrected chi connectivity index (χ2v) is 5.00. The smallest absolute Gasteiger partial charge is 1.00 e. The van der Waals surface area contributed by atoms with Gasteiger partial charge in [-0.3, -0.25) is 0 Å². The molecule has 0 aliphatic carbocycles. The molecule has 3 nitrogen and oxygen atoms in total. The van der Waals surface area contributed by atoms with E-state index in [-0.39, 0.29) is 81.2 Å². The van der Waals surface area contributed by atoms with Crippen LogP contribution >= 0.6 is 7.60 Å². The molecule has 90 valence electrons. The molecule has 0 aromatic heterocycles. The fourth-order valence-corrected chi connectivity index (χ4v) is 2.36. The molecule has 2 aromatic carbocycles. The number of benzene rings is 2. The number of rotatable bonds is 3. The minimum absolute atomic E-state index is 0. The van der Waals surface area contributed by atoms with Crippen molar-refractivity contribution in [3.05, 3.63) is 60.7 Å². The number of hydrogen-bond donors (Lipinski definition) is 1. The van der Waals surface area contributed by atoms with Crippen LogP contribution in [0.15, 0.2) is 60.7 Å². The largest absolute Gasteiger partial charge is 2.00 e. The number of para-hydroxylation sites is 1. The monoisotopic (exact) mass is 318 g/mol. The Bertz CT molecular complexity index is 520. The third-order valence-corrected chi connectivity index (χ3v) is 3.46. The molecule has 1 N–H and O–H groups in total. The zero-order chi connectivity index (χ0) is 11.4. The van der Waals surface area contributed by atoms with Crippen LogP contribution in [-0.4, -0.2) is 80.4 Å². The van der Waals surface area contributed by atoms with Gasteiger partial charge < -0.3 is 15.1 Å². The van der Waals surface area contributed by atoms with Crippen LogP contribution in [0.1, 0.15) is 5.71 Å². The summed E-state index contributed by atoms with van der Waals surface area (Å²) in [6.45, 7) is 0. The van der Waals surface area contributed by atoms with Crippen LogP contribution in [-0.2, 0) is 4.57 Å². The summed E-state index contributed by atoms with van der Waals surface area (Å²) >= 11 is 0. The number of hydrogen-bond acceptors (Lipinski definition) is 2. The predicted molar refractivity (Wildman–Crippen MR) is 78.9 cm³/mol. The van der Waals surface area contributed by atoms with Crippen LogP contribution in [0.5, 0.6) is 5.75 Å². The van der Waals surface area contributed by atoms with Crippen molar-refractivity contribution in [3.8, 4) is 5.75 Å². The van der Waals surface area contributed by atoms with Gasteiger partial charge in [0, 0.05) is 0 Å². The summed E-state index contributed by atoms with van der Waals surface area (Å²) in [5.41, 5.74) is 0. The SMILES string of the molecule is O=P(O)(Oc1ccccc1)c1ccccc1.[Ca+2].[Ca+2].[H-].[H-].[H-].[H-]. The Hall–Kier alpha value is 0.949. The first-order valence-electron chi connectivity index (χ1n) is 4.81. The zero-order valence-electron chi connectivity index (χ0n) is 13.9. The van der Waals surface area contributed by atoms with Crippen LogP contribution in [0, 0.1) is 0 Å². The van der Waals surface area contributed by atoms with Gasteiger partial charge in [0.1, 0.15) is 5.75 Å². The van der Waals surface area contributed by atoms with Crippen LogP contribution in [0.4, 0.5) is 0 Å². The van der Waals surface area contributed by atoms with Crippen molar-refractivity contribution in [2.24, 2.45) is 0 Å². The van der Waals surface area contributed by atoms with Crippen LogP contribution in [0.2, 0.25) is 0 Å². The minimum Gasteiger partial charge on any atom is -1.00 e. The first-order valence-corrected chi connectivity index (χ1v) is 6.39. The summed E-state index contributed by atoms with van der Waals surface area (Å²) in [4.78, 5) is 9.77. The molecule has 1 atom stereocenters. The molecule has 6 heteroatoms. The van der Waals surface area contributed by atoms with Gasteiger partial charge in [0.25, 0.3) is 0 Å². The maximum atomic E-state index is 11.9. The summed E-state index contributed by atoms with van der Waals surface area (Å²) in [6.07, 6.45) is 0. The van der Waals surface area contributed by atoms with E-state index in [1.54, 1.807) is 54.6 Å². The van der Waals surface area contributed by atoms with Crippen LogP contribution in [0.25, 0.3) is 0 Å². The van der Waals surface area contributed by atoms with Crippen molar-refractivity contribution >= 4 is 88.4 Å². The summed E-state index contributed by atoms with van der Waals surface area (Å²) < 4.78 is 17.0. The second-order valence-electron chi connectivity index (χ2n) is 3.26. The first kappa shape index (κ1) is 18.9. The zero-order valence-corrected chi connectivity index (χ0v) is 15.2. The van der Waals surface area contributed by atoms with Gasteiger partial charge in [0.05, 0.1) is 5.30 Å². The van der Waals surface area contributed by atoms with Crippen molar-refractivity contribution in [2.75, 3.05) is 0 Å². The molecule has 2 rings (SSSR count). The van der Waals surface area contributed by atoms with E-state index in [1.165, 1.54) is 0 Å². The molecular formula is C12H15Ca2O3P. The van der Waals surface area contributed by atoms with E-state index in [0.29, 0.717) is 11.1 Å².